The minimum Gasteiger partial charge on any atom is -0.493 e. The molecular formula is C24H30N2O4. The van der Waals surface area contributed by atoms with Crippen LogP contribution >= 0.6 is 0 Å². The first-order valence-electron chi connectivity index (χ1n) is 10.6. The van der Waals surface area contributed by atoms with Crippen LogP contribution in [0.2, 0.25) is 0 Å². The van der Waals surface area contributed by atoms with Crippen molar-refractivity contribution in [3.63, 3.8) is 0 Å². The standard InChI is InChI=1S/C24H30N2O4/c1-3-5-18-30-23(28)26-17-14-24(19-26)12-15-25(16-13-24)22(27)11-10-20-8-6-7-9-21(20)29-4-2/h6-11H,4,12-19H2,1-2H3. The number of ether oxygens (including phenoxy) is 2. The lowest BCUT2D eigenvalue weighted by Gasteiger charge is -2.38. The Bertz CT molecular complexity index is 844. The van der Waals surface area contributed by atoms with E-state index in [0.717, 1.165) is 30.6 Å². The molecule has 2 fully saturated rings. The Morgan fingerprint density at radius 1 is 1.13 bits per heavy atom. The van der Waals surface area contributed by atoms with E-state index in [4.69, 9.17) is 9.47 Å². The molecule has 6 nitrogen and oxygen atoms in total. The Kier molecular flexibility index (Phi) is 7.40. The molecule has 2 aliphatic rings. The zero-order valence-electron chi connectivity index (χ0n) is 17.9. The molecule has 1 aromatic rings. The van der Waals surface area contributed by atoms with Crippen molar-refractivity contribution in [3.8, 4) is 17.6 Å². The summed E-state index contributed by atoms with van der Waals surface area (Å²) < 4.78 is 10.8. The number of hydrogen-bond donors (Lipinski definition) is 0. The van der Waals surface area contributed by atoms with Gasteiger partial charge in [-0.2, -0.15) is 0 Å². The molecule has 1 spiro atoms. The predicted molar refractivity (Wildman–Crippen MR) is 116 cm³/mol. The maximum absolute atomic E-state index is 12.7. The molecule has 0 N–H and O–H groups in total. The van der Waals surface area contributed by atoms with Gasteiger partial charge in [0.1, 0.15) is 5.75 Å². The molecule has 0 radical (unpaired) electrons. The number of carbonyl (C=O) groups excluding carboxylic acids is 2. The van der Waals surface area contributed by atoms with Gasteiger partial charge in [0, 0.05) is 37.8 Å². The van der Waals surface area contributed by atoms with Crippen molar-refractivity contribution in [2.24, 2.45) is 5.41 Å². The van der Waals surface area contributed by atoms with Gasteiger partial charge >= 0.3 is 6.09 Å². The minimum absolute atomic E-state index is 0.0172. The van der Waals surface area contributed by atoms with Crippen LogP contribution in [-0.4, -0.2) is 61.2 Å². The molecule has 3 rings (SSSR count). The highest BCUT2D eigenvalue weighted by molar-refractivity contribution is 5.92. The van der Waals surface area contributed by atoms with Gasteiger partial charge in [-0.25, -0.2) is 4.79 Å². The van der Waals surface area contributed by atoms with Crippen LogP contribution in [0.4, 0.5) is 4.79 Å². The largest absolute Gasteiger partial charge is 0.493 e. The van der Waals surface area contributed by atoms with Crippen molar-refractivity contribution in [2.75, 3.05) is 39.4 Å². The molecule has 0 bridgehead atoms. The number of rotatable bonds is 5. The lowest BCUT2D eigenvalue weighted by Crippen LogP contribution is -2.44. The molecule has 6 heteroatoms. The van der Waals surface area contributed by atoms with Gasteiger partial charge in [-0.05, 0) is 50.7 Å². The normalized spacial score (nSPS) is 17.7. The van der Waals surface area contributed by atoms with Crippen molar-refractivity contribution in [3.05, 3.63) is 35.9 Å². The zero-order valence-corrected chi connectivity index (χ0v) is 17.9. The molecule has 0 unspecified atom stereocenters. The summed E-state index contributed by atoms with van der Waals surface area (Å²) >= 11 is 0. The number of hydrogen-bond acceptors (Lipinski definition) is 4. The molecule has 1 aromatic carbocycles. The molecule has 0 saturated carbocycles. The zero-order chi connectivity index (χ0) is 21.4. The summed E-state index contributed by atoms with van der Waals surface area (Å²) in [6.45, 7) is 7.22. The van der Waals surface area contributed by atoms with Crippen LogP contribution in [0.15, 0.2) is 30.3 Å². The van der Waals surface area contributed by atoms with E-state index in [1.54, 1.807) is 17.9 Å². The van der Waals surface area contributed by atoms with Gasteiger partial charge in [0.25, 0.3) is 0 Å². The molecule has 0 atom stereocenters. The quantitative estimate of drug-likeness (QED) is 0.550. The number of carbonyl (C=O) groups is 2. The minimum atomic E-state index is -0.288. The van der Waals surface area contributed by atoms with Gasteiger partial charge in [0.15, 0.2) is 6.61 Å². The summed E-state index contributed by atoms with van der Waals surface area (Å²) in [4.78, 5) is 28.5. The highest BCUT2D eigenvalue weighted by Crippen LogP contribution is 2.40. The van der Waals surface area contributed by atoms with E-state index in [0.29, 0.717) is 32.8 Å². The summed E-state index contributed by atoms with van der Waals surface area (Å²) in [6, 6.07) is 7.71. The average molecular weight is 411 g/mol. The second-order valence-electron chi connectivity index (χ2n) is 7.78. The van der Waals surface area contributed by atoms with Gasteiger partial charge < -0.3 is 19.3 Å². The average Bonchev–Trinajstić information content (AvgIpc) is 3.17. The van der Waals surface area contributed by atoms with Crippen LogP contribution in [0.3, 0.4) is 0 Å². The molecule has 2 aliphatic heterocycles. The van der Waals surface area contributed by atoms with Gasteiger partial charge in [-0.15, -0.1) is 5.92 Å². The first-order valence-corrected chi connectivity index (χ1v) is 10.6. The second kappa shape index (κ2) is 10.2. The van der Waals surface area contributed by atoms with E-state index < -0.39 is 0 Å². The van der Waals surface area contributed by atoms with E-state index in [1.807, 2.05) is 42.2 Å². The Labute approximate surface area is 178 Å². The Balaban J connectivity index is 1.51. The van der Waals surface area contributed by atoms with Crippen LogP contribution in [0.1, 0.15) is 38.7 Å². The van der Waals surface area contributed by atoms with Crippen molar-refractivity contribution in [1.29, 1.82) is 0 Å². The fourth-order valence-electron chi connectivity index (χ4n) is 4.13. The summed E-state index contributed by atoms with van der Waals surface area (Å²) in [5.41, 5.74) is 0.997. The summed E-state index contributed by atoms with van der Waals surface area (Å²) in [5, 5.41) is 0. The Morgan fingerprint density at radius 2 is 1.83 bits per heavy atom. The number of amides is 2. The second-order valence-corrected chi connectivity index (χ2v) is 7.78. The lowest BCUT2D eigenvalue weighted by molar-refractivity contribution is -0.128. The highest BCUT2D eigenvalue weighted by Gasteiger charge is 2.43. The van der Waals surface area contributed by atoms with Crippen molar-refractivity contribution in [1.82, 2.24) is 9.80 Å². The van der Waals surface area contributed by atoms with E-state index >= 15 is 0 Å². The van der Waals surface area contributed by atoms with E-state index in [2.05, 4.69) is 11.8 Å². The van der Waals surface area contributed by atoms with Crippen LogP contribution in [0.25, 0.3) is 6.08 Å². The van der Waals surface area contributed by atoms with Crippen molar-refractivity contribution >= 4 is 18.1 Å². The van der Waals surface area contributed by atoms with Crippen LogP contribution in [0, 0.1) is 17.3 Å². The third-order valence-electron chi connectivity index (χ3n) is 5.90. The third-order valence-corrected chi connectivity index (χ3v) is 5.90. The number of nitrogens with zero attached hydrogens (tertiary/aromatic N) is 2. The number of likely N-dealkylation sites (tertiary alicyclic amines) is 2. The highest BCUT2D eigenvalue weighted by atomic mass is 16.6. The monoisotopic (exact) mass is 410 g/mol. The van der Waals surface area contributed by atoms with Gasteiger partial charge in [-0.3, -0.25) is 4.79 Å². The molecule has 2 amide bonds. The third kappa shape index (κ3) is 5.35. The lowest BCUT2D eigenvalue weighted by atomic mass is 9.78. The SMILES string of the molecule is CC#CCOC(=O)N1CCC2(CCN(C(=O)C=Cc3ccccc3OCC)CC2)C1. The van der Waals surface area contributed by atoms with Crippen LogP contribution in [-0.2, 0) is 9.53 Å². The van der Waals surface area contributed by atoms with Crippen molar-refractivity contribution < 1.29 is 19.1 Å². The van der Waals surface area contributed by atoms with Gasteiger partial charge in [-0.1, -0.05) is 24.1 Å². The smallest absolute Gasteiger partial charge is 0.410 e. The number of piperidine rings is 1. The topological polar surface area (TPSA) is 59.1 Å². The predicted octanol–water partition coefficient (Wildman–Crippen LogP) is 3.57. The Hall–Kier alpha value is -2.94. The first kappa shape index (κ1) is 21.8. The number of para-hydroxylation sites is 1. The fraction of sp³-hybridized carbons (Fsp3) is 0.500. The van der Waals surface area contributed by atoms with Gasteiger partial charge in [0.2, 0.25) is 5.91 Å². The maximum Gasteiger partial charge on any atom is 0.410 e. The maximum atomic E-state index is 12.7. The molecule has 0 aromatic heterocycles. The first-order chi connectivity index (χ1) is 14.6. The molecule has 0 aliphatic carbocycles. The molecule has 2 heterocycles. The molecule has 2 saturated heterocycles. The summed E-state index contributed by atoms with van der Waals surface area (Å²) in [5.74, 6) is 6.27. The summed E-state index contributed by atoms with van der Waals surface area (Å²) in [7, 11) is 0. The van der Waals surface area contributed by atoms with Crippen LogP contribution in [0.5, 0.6) is 5.75 Å². The molecule has 160 valence electrons. The van der Waals surface area contributed by atoms with E-state index in [-0.39, 0.29) is 24.0 Å². The van der Waals surface area contributed by atoms with E-state index in [9.17, 15) is 9.59 Å². The van der Waals surface area contributed by atoms with Crippen LogP contribution < -0.4 is 4.74 Å². The molecule has 30 heavy (non-hydrogen) atoms. The van der Waals surface area contributed by atoms with Crippen molar-refractivity contribution in [2.45, 2.75) is 33.1 Å². The fourth-order valence-corrected chi connectivity index (χ4v) is 4.13. The number of benzene rings is 1. The Morgan fingerprint density at radius 3 is 2.53 bits per heavy atom. The summed E-state index contributed by atoms with van der Waals surface area (Å²) in [6.07, 6.45) is 5.93. The van der Waals surface area contributed by atoms with Gasteiger partial charge in [0.05, 0.1) is 6.61 Å². The van der Waals surface area contributed by atoms with E-state index in [1.165, 1.54) is 0 Å². The molecular weight excluding hydrogens is 380 g/mol.